The van der Waals surface area contributed by atoms with Gasteiger partial charge in [0.25, 0.3) is 0 Å². The van der Waals surface area contributed by atoms with Gasteiger partial charge in [-0.3, -0.25) is 0 Å². The number of hydrogen-bond donors (Lipinski definition) is 1. The van der Waals surface area contributed by atoms with Crippen molar-refractivity contribution in [3.05, 3.63) is 23.8 Å². The number of benzene rings is 1. The third kappa shape index (κ3) is 3.44. The second-order valence-corrected chi connectivity index (χ2v) is 5.89. The molecule has 0 radical (unpaired) electrons. The summed E-state index contributed by atoms with van der Waals surface area (Å²) in [5.41, 5.74) is 1.29. The lowest BCUT2D eigenvalue weighted by molar-refractivity contribution is 0.171. The zero-order valence-electron chi connectivity index (χ0n) is 12.2. The first-order valence-electron chi connectivity index (χ1n) is 7.59. The fraction of sp³-hybridized carbons (Fsp3) is 0.625. The molecule has 1 aromatic rings. The average Bonchev–Trinajstić information content (AvgIpc) is 2.48. The maximum atomic E-state index is 5.64. The molecule has 2 aliphatic heterocycles. The van der Waals surface area contributed by atoms with E-state index in [1.807, 2.05) is 6.07 Å². The summed E-state index contributed by atoms with van der Waals surface area (Å²) in [6.07, 6.45) is 2.65. The van der Waals surface area contributed by atoms with Gasteiger partial charge in [-0.05, 0) is 56.6 Å². The van der Waals surface area contributed by atoms with Crippen LogP contribution in [0, 0.1) is 5.92 Å². The van der Waals surface area contributed by atoms with E-state index < -0.39 is 0 Å². The van der Waals surface area contributed by atoms with Gasteiger partial charge in [-0.1, -0.05) is 6.07 Å². The summed E-state index contributed by atoms with van der Waals surface area (Å²) in [7, 11) is 2.20. The molecule has 2 heterocycles. The molecule has 20 heavy (non-hydrogen) atoms. The highest BCUT2D eigenvalue weighted by Crippen LogP contribution is 2.31. The van der Waals surface area contributed by atoms with Crippen molar-refractivity contribution in [1.82, 2.24) is 10.2 Å². The summed E-state index contributed by atoms with van der Waals surface area (Å²) in [6, 6.07) is 6.28. The highest BCUT2D eigenvalue weighted by Gasteiger charge is 2.16. The van der Waals surface area contributed by atoms with E-state index in [0.29, 0.717) is 13.2 Å². The molecule has 3 rings (SSSR count). The van der Waals surface area contributed by atoms with E-state index >= 15 is 0 Å². The SMILES string of the molecule is CN(Cc1ccc2c(c1)OCCO2)CC1CCCNC1. The van der Waals surface area contributed by atoms with Crippen molar-refractivity contribution < 1.29 is 9.47 Å². The second-order valence-electron chi connectivity index (χ2n) is 5.89. The van der Waals surface area contributed by atoms with E-state index in [-0.39, 0.29) is 0 Å². The predicted octanol–water partition coefficient (Wildman–Crippen LogP) is 1.89. The molecule has 4 heteroatoms. The highest BCUT2D eigenvalue weighted by molar-refractivity contribution is 5.43. The molecule has 0 aromatic heterocycles. The number of rotatable bonds is 4. The van der Waals surface area contributed by atoms with Gasteiger partial charge in [0.15, 0.2) is 11.5 Å². The Labute approximate surface area is 121 Å². The van der Waals surface area contributed by atoms with Crippen LogP contribution in [0.25, 0.3) is 0 Å². The Morgan fingerprint density at radius 2 is 2.10 bits per heavy atom. The monoisotopic (exact) mass is 276 g/mol. The van der Waals surface area contributed by atoms with Crippen molar-refractivity contribution in [3.63, 3.8) is 0 Å². The summed E-state index contributed by atoms with van der Waals surface area (Å²) in [5, 5.41) is 3.48. The number of fused-ring (bicyclic) bond motifs is 1. The number of nitrogens with one attached hydrogen (secondary N) is 1. The predicted molar refractivity (Wildman–Crippen MR) is 79.4 cm³/mol. The molecule has 0 amide bonds. The number of ether oxygens (including phenoxy) is 2. The lowest BCUT2D eigenvalue weighted by Crippen LogP contribution is -2.36. The minimum absolute atomic E-state index is 0.653. The molecule has 0 aliphatic carbocycles. The van der Waals surface area contributed by atoms with Gasteiger partial charge in [0, 0.05) is 13.1 Å². The van der Waals surface area contributed by atoms with Crippen molar-refractivity contribution in [3.8, 4) is 11.5 Å². The number of hydrogen-bond acceptors (Lipinski definition) is 4. The topological polar surface area (TPSA) is 33.7 Å². The zero-order chi connectivity index (χ0) is 13.8. The Balaban J connectivity index is 1.56. The fourth-order valence-electron chi connectivity index (χ4n) is 3.08. The van der Waals surface area contributed by atoms with Gasteiger partial charge in [0.1, 0.15) is 13.2 Å². The van der Waals surface area contributed by atoms with E-state index in [1.165, 1.54) is 24.9 Å². The molecule has 1 saturated heterocycles. The van der Waals surface area contributed by atoms with E-state index in [4.69, 9.17) is 9.47 Å². The van der Waals surface area contributed by atoms with Crippen LogP contribution in [0.5, 0.6) is 11.5 Å². The van der Waals surface area contributed by atoms with Crippen molar-refractivity contribution >= 4 is 0 Å². The fourth-order valence-corrected chi connectivity index (χ4v) is 3.08. The van der Waals surface area contributed by atoms with Crippen LogP contribution < -0.4 is 14.8 Å². The first-order chi connectivity index (χ1) is 9.81. The molecule has 4 nitrogen and oxygen atoms in total. The quantitative estimate of drug-likeness (QED) is 0.910. The number of piperidine rings is 1. The van der Waals surface area contributed by atoms with Crippen molar-refractivity contribution in [2.24, 2.45) is 5.92 Å². The molecule has 0 bridgehead atoms. The molecule has 110 valence electrons. The van der Waals surface area contributed by atoms with Crippen LogP contribution in [0.1, 0.15) is 18.4 Å². The second kappa shape index (κ2) is 6.46. The minimum atomic E-state index is 0.653. The zero-order valence-corrected chi connectivity index (χ0v) is 12.2. The number of nitrogens with zero attached hydrogens (tertiary/aromatic N) is 1. The molecule has 1 unspecified atom stereocenters. The molecule has 1 fully saturated rings. The summed E-state index contributed by atoms with van der Waals surface area (Å²) >= 11 is 0. The lowest BCUT2D eigenvalue weighted by Gasteiger charge is -2.28. The Morgan fingerprint density at radius 1 is 1.25 bits per heavy atom. The first-order valence-corrected chi connectivity index (χ1v) is 7.59. The highest BCUT2D eigenvalue weighted by atomic mass is 16.6. The van der Waals surface area contributed by atoms with Gasteiger partial charge < -0.3 is 19.7 Å². The maximum absolute atomic E-state index is 5.64. The molecule has 1 aromatic carbocycles. The van der Waals surface area contributed by atoms with E-state index in [2.05, 4.69) is 29.4 Å². The van der Waals surface area contributed by atoms with Crippen LogP contribution >= 0.6 is 0 Å². The van der Waals surface area contributed by atoms with Crippen molar-refractivity contribution in [2.45, 2.75) is 19.4 Å². The molecule has 1 atom stereocenters. The maximum Gasteiger partial charge on any atom is 0.161 e. The molecular formula is C16H24N2O2. The minimum Gasteiger partial charge on any atom is -0.486 e. The standard InChI is InChI=1S/C16H24N2O2/c1-18(12-14-3-2-6-17-10-14)11-13-4-5-15-16(9-13)20-8-7-19-15/h4-5,9,14,17H,2-3,6-8,10-12H2,1H3. The smallest absolute Gasteiger partial charge is 0.161 e. The van der Waals surface area contributed by atoms with Gasteiger partial charge in [-0.15, -0.1) is 0 Å². The Hall–Kier alpha value is -1.26. The third-order valence-corrected chi connectivity index (χ3v) is 4.03. The van der Waals surface area contributed by atoms with Crippen LogP contribution in [0.2, 0.25) is 0 Å². The summed E-state index contributed by atoms with van der Waals surface area (Å²) in [4.78, 5) is 2.41. The molecule has 2 aliphatic rings. The van der Waals surface area contributed by atoms with Crippen molar-refractivity contribution in [1.29, 1.82) is 0 Å². The van der Waals surface area contributed by atoms with Gasteiger partial charge in [0.05, 0.1) is 0 Å². The summed E-state index contributed by atoms with van der Waals surface area (Å²) in [5.74, 6) is 2.55. The van der Waals surface area contributed by atoms with Crippen LogP contribution in [-0.2, 0) is 6.54 Å². The van der Waals surface area contributed by atoms with Crippen molar-refractivity contribution in [2.75, 3.05) is 39.9 Å². The van der Waals surface area contributed by atoms with Gasteiger partial charge in [0.2, 0.25) is 0 Å². The Bertz CT molecular complexity index is 444. The van der Waals surface area contributed by atoms with Gasteiger partial charge >= 0.3 is 0 Å². The largest absolute Gasteiger partial charge is 0.486 e. The van der Waals surface area contributed by atoms with Crippen LogP contribution in [0.4, 0.5) is 0 Å². The summed E-state index contributed by atoms with van der Waals surface area (Å²) < 4.78 is 11.2. The molecule has 0 spiro atoms. The van der Waals surface area contributed by atoms with E-state index in [0.717, 1.165) is 37.1 Å². The first kappa shape index (κ1) is 13.7. The van der Waals surface area contributed by atoms with Gasteiger partial charge in [-0.2, -0.15) is 0 Å². The van der Waals surface area contributed by atoms with E-state index in [1.54, 1.807) is 0 Å². The lowest BCUT2D eigenvalue weighted by atomic mass is 9.99. The van der Waals surface area contributed by atoms with Crippen LogP contribution in [-0.4, -0.2) is 44.8 Å². The molecule has 1 N–H and O–H groups in total. The normalized spacial score (nSPS) is 22.0. The summed E-state index contributed by atoms with van der Waals surface area (Å²) in [6.45, 7) is 5.77. The van der Waals surface area contributed by atoms with Crippen LogP contribution in [0.15, 0.2) is 18.2 Å². The Kier molecular flexibility index (Phi) is 4.43. The van der Waals surface area contributed by atoms with E-state index in [9.17, 15) is 0 Å². The molecule has 0 saturated carbocycles. The molecular weight excluding hydrogens is 252 g/mol. The average molecular weight is 276 g/mol. The third-order valence-electron chi connectivity index (χ3n) is 4.03. The van der Waals surface area contributed by atoms with Gasteiger partial charge in [-0.25, -0.2) is 0 Å². The Morgan fingerprint density at radius 3 is 2.90 bits per heavy atom. The van der Waals surface area contributed by atoms with Crippen LogP contribution in [0.3, 0.4) is 0 Å².